The smallest absolute Gasteiger partial charge is 0.320 e. The number of urea groups is 1. The van der Waals surface area contributed by atoms with Gasteiger partial charge in [0, 0.05) is 64.1 Å². The van der Waals surface area contributed by atoms with Gasteiger partial charge in [-0.25, -0.2) is 4.79 Å². The zero-order chi connectivity index (χ0) is 43.5. The SMILES string of the molecule is CN1CCN(C2CC3CCC2N(c2nnc(C(N)=O)c(Nc4ccc(C5CCN(CC6CCN(c7ccc8c(c7)C(=O)N(C7CCC(=O)NC7=O)C8=O)CC6)CC5)cc4)n2)C3)C1=O. The van der Waals surface area contributed by atoms with Crippen LogP contribution in [0.4, 0.5) is 27.9 Å². The molecular weight excluding hydrogens is 805 g/mol. The van der Waals surface area contributed by atoms with E-state index in [4.69, 9.17) is 10.7 Å². The van der Waals surface area contributed by atoms with Gasteiger partial charge in [-0.1, -0.05) is 12.1 Å². The Morgan fingerprint density at radius 1 is 0.810 bits per heavy atom. The number of carbonyl (C=O) groups excluding carboxylic acids is 6. The summed E-state index contributed by atoms with van der Waals surface area (Å²) in [5.74, 6) is -0.543. The minimum atomic E-state index is -0.974. The second kappa shape index (κ2) is 16.5. The van der Waals surface area contributed by atoms with Crippen LogP contribution in [0.5, 0.6) is 0 Å². The van der Waals surface area contributed by atoms with Crippen LogP contribution in [0.2, 0.25) is 0 Å². The molecule has 4 unspecified atom stereocenters. The van der Waals surface area contributed by atoms with Gasteiger partial charge in [0.1, 0.15) is 6.04 Å². The molecule has 4 atom stereocenters. The van der Waals surface area contributed by atoms with E-state index >= 15 is 0 Å². The van der Waals surface area contributed by atoms with Gasteiger partial charge in [-0.3, -0.25) is 34.2 Å². The Bertz CT molecular complexity index is 2340. The molecular formula is C45H54N12O6. The summed E-state index contributed by atoms with van der Waals surface area (Å²) in [6.45, 7) is 7.02. The number of nitrogens with one attached hydrogen (secondary N) is 2. The molecule has 1 saturated carbocycles. The van der Waals surface area contributed by atoms with Crippen molar-refractivity contribution in [3.8, 4) is 0 Å². The van der Waals surface area contributed by atoms with E-state index in [1.165, 1.54) is 5.56 Å². The van der Waals surface area contributed by atoms with Crippen molar-refractivity contribution < 1.29 is 28.8 Å². The number of fused-ring (bicyclic) bond motifs is 4. The van der Waals surface area contributed by atoms with Crippen LogP contribution in [0.3, 0.4) is 0 Å². The Kier molecular flexibility index (Phi) is 10.7. The Morgan fingerprint density at radius 3 is 2.27 bits per heavy atom. The summed E-state index contributed by atoms with van der Waals surface area (Å²) < 4.78 is 0. The number of piperidine rings is 5. The van der Waals surface area contributed by atoms with E-state index in [2.05, 4.69) is 47.7 Å². The molecule has 330 valence electrons. The molecule has 18 heteroatoms. The van der Waals surface area contributed by atoms with Gasteiger partial charge in [-0.15, -0.1) is 10.2 Å². The number of nitrogens with two attached hydrogens (primary N) is 1. The van der Waals surface area contributed by atoms with Gasteiger partial charge in [0.05, 0.1) is 23.2 Å². The number of hydrogen-bond donors (Lipinski definition) is 3. The van der Waals surface area contributed by atoms with Crippen molar-refractivity contribution in [1.29, 1.82) is 0 Å². The maximum Gasteiger partial charge on any atom is 0.320 e. The summed E-state index contributed by atoms with van der Waals surface area (Å²) in [5.41, 5.74) is 9.28. The van der Waals surface area contributed by atoms with Crippen LogP contribution < -0.4 is 26.2 Å². The first-order chi connectivity index (χ1) is 30.5. The fourth-order valence-electron chi connectivity index (χ4n) is 11.2. The second-order valence-electron chi connectivity index (χ2n) is 18.5. The Morgan fingerprint density at radius 2 is 1.57 bits per heavy atom. The lowest BCUT2D eigenvalue weighted by molar-refractivity contribution is -0.136. The number of likely N-dealkylation sites (tertiary alicyclic amines) is 1. The number of primary amides is 1. The highest BCUT2D eigenvalue weighted by Gasteiger charge is 2.48. The first-order valence-electron chi connectivity index (χ1n) is 22.5. The molecule has 8 heterocycles. The summed E-state index contributed by atoms with van der Waals surface area (Å²) in [4.78, 5) is 92.7. The number of carbonyl (C=O) groups is 6. The predicted octanol–water partition coefficient (Wildman–Crippen LogP) is 2.94. The van der Waals surface area contributed by atoms with Gasteiger partial charge in [-0.05, 0) is 118 Å². The average molecular weight is 859 g/mol. The molecule has 2 bridgehead atoms. The number of hydrogen-bond acceptors (Lipinski definition) is 13. The number of benzene rings is 2. The lowest BCUT2D eigenvalue weighted by Crippen LogP contribution is -2.62. The Labute approximate surface area is 365 Å². The van der Waals surface area contributed by atoms with Crippen LogP contribution in [0.1, 0.15) is 100 Å². The maximum absolute atomic E-state index is 13.4. The lowest BCUT2D eigenvalue weighted by Gasteiger charge is -2.52. The average Bonchev–Trinajstić information content (AvgIpc) is 3.76. The summed E-state index contributed by atoms with van der Waals surface area (Å²) in [5, 5.41) is 14.2. The minimum Gasteiger partial charge on any atom is -0.371 e. The number of rotatable bonds is 10. The number of likely N-dealkylation sites (N-methyl/N-ethyl adjacent to an activating group) is 1. The van der Waals surface area contributed by atoms with Crippen LogP contribution in [0.15, 0.2) is 42.5 Å². The fourth-order valence-corrected chi connectivity index (χ4v) is 11.2. The Balaban J connectivity index is 0.715. The monoisotopic (exact) mass is 858 g/mol. The molecule has 8 aliphatic rings. The van der Waals surface area contributed by atoms with Gasteiger partial charge in [0.15, 0.2) is 11.5 Å². The number of amides is 7. The summed E-state index contributed by atoms with van der Waals surface area (Å²) in [6.07, 6.45) is 7.42. The predicted molar refractivity (Wildman–Crippen MR) is 232 cm³/mol. The minimum absolute atomic E-state index is 0.0200. The number of anilines is 4. The molecule has 3 aromatic rings. The highest BCUT2D eigenvalue weighted by Crippen LogP contribution is 2.41. The lowest BCUT2D eigenvalue weighted by atomic mass is 9.76. The molecule has 4 N–H and O–H groups in total. The molecule has 2 aromatic carbocycles. The fraction of sp³-hybridized carbons (Fsp3) is 0.533. The van der Waals surface area contributed by atoms with Crippen molar-refractivity contribution in [3.63, 3.8) is 0 Å². The van der Waals surface area contributed by atoms with Crippen LogP contribution in [-0.2, 0) is 9.59 Å². The molecule has 7 aliphatic heterocycles. The van der Waals surface area contributed by atoms with Crippen molar-refractivity contribution in [2.24, 2.45) is 17.6 Å². The van der Waals surface area contributed by atoms with E-state index in [0.29, 0.717) is 41.4 Å². The third-order valence-corrected chi connectivity index (χ3v) is 14.7. The van der Waals surface area contributed by atoms with Crippen LogP contribution in [-0.4, -0.2) is 148 Å². The Hall–Kier alpha value is -6.17. The van der Waals surface area contributed by atoms with Crippen molar-refractivity contribution >= 4 is 58.7 Å². The largest absolute Gasteiger partial charge is 0.371 e. The van der Waals surface area contributed by atoms with Crippen molar-refractivity contribution in [1.82, 2.24) is 40.1 Å². The van der Waals surface area contributed by atoms with Gasteiger partial charge >= 0.3 is 6.03 Å². The molecule has 11 rings (SSSR count). The number of aromatic nitrogens is 3. The van der Waals surface area contributed by atoms with E-state index in [1.54, 1.807) is 17.0 Å². The number of imide groups is 2. The van der Waals surface area contributed by atoms with Crippen molar-refractivity contribution in [3.05, 3.63) is 64.8 Å². The highest BCUT2D eigenvalue weighted by atomic mass is 16.2. The van der Waals surface area contributed by atoms with E-state index in [-0.39, 0.29) is 42.5 Å². The molecule has 18 nitrogen and oxygen atoms in total. The zero-order valence-electron chi connectivity index (χ0n) is 35.6. The van der Waals surface area contributed by atoms with Gasteiger partial charge in [0.25, 0.3) is 17.7 Å². The zero-order valence-corrected chi connectivity index (χ0v) is 35.6. The van der Waals surface area contributed by atoms with E-state index in [1.807, 2.05) is 30.1 Å². The summed E-state index contributed by atoms with van der Waals surface area (Å²) in [7, 11) is 1.85. The topological polar surface area (TPSA) is 211 Å². The van der Waals surface area contributed by atoms with Crippen molar-refractivity contribution in [2.75, 3.05) is 74.5 Å². The molecule has 7 amide bonds. The molecule has 0 radical (unpaired) electrons. The standard InChI is InChI=1S/C45H54N12O6/c1-52-20-21-55(45(52)63)36-22-27-2-9-34(36)56(25-27)44-49-40(38(39(46)59)50-51-44)47-30-5-3-28(4-6-30)29-14-16-53(17-15-29)24-26-12-18-54(19-13-26)31-7-8-32-33(23-31)43(62)57(42(32)61)35-10-11-37(58)48-41(35)60/h3-8,23,26-27,29,34-36H,2,9-22,24-25H2,1H3,(H2,46,59)(H,47,49,51)(H,48,58,60). The maximum atomic E-state index is 13.4. The van der Waals surface area contributed by atoms with Crippen LogP contribution >= 0.6 is 0 Å². The molecule has 1 aliphatic carbocycles. The first-order valence-corrected chi connectivity index (χ1v) is 22.5. The second-order valence-corrected chi connectivity index (χ2v) is 18.5. The van der Waals surface area contributed by atoms with Gasteiger partial charge in [0.2, 0.25) is 17.8 Å². The highest BCUT2D eigenvalue weighted by molar-refractivity contribution is 6.23. The third-order valence-electron chi connectivity index (χ3n) is 14.7. The molecule has 1 aromatic heterocycles. The van der Waals surface area contributed by atoms with E-state index < -0.39 is 35.6 Å². The van der Waals surface area contributed by atoms with Gasteiger partial charge < -0.3 is 35.6 Å². The van der Waals surface area contributed by atoms with Crippen molar-refractivity contribution in [2.45, 2.75) is 81.8 Å². The third kappa shape index (κ3) is 7.71. The number of nitrogens with zero attached hydrogens (tertiary/aromatic N) is 9. The quantitative estimate of drug-likeness (QED) is 0.251. The first kappa shape index (κ1) is 40.9. The summed E-state index contributed by atoms with van der Waals surface area (Å²) in [6, 6.07) is 12.9. The molecule has 0 spiro atoms. The van der Waals surface area contributed by atoms with E-state index in [0.717, 1.165) is 107 Å². The van der Waals surface area contributed by atoms with Crippen LogP contribution in [0, 0.1) is 11.8 Å². The van der Waals surface area contributed by atoms with Crippen LogP contribution in [0.25, 0.3) is 0 Å². The molecule has 63 heavy (non-hydrogen) atoms. The van der Waals surface area contributed by atoms with Gasteiger partial charge in [-0.2, -0.15) is 4.98 Å². The molecule has 7 fully saturated rings. The normalized spacial score (nSPS) is 25.9. The molecule has 6 saturated heterocycles. The summed E-state index contributed by atoms with van der Waals surface area (Å²) >= 11 is 0. The van der Waals surface area contributed by atoms with E-state index in [9.17, 15) is 28.8 Å².